The third kappa shape index (κ3) is 4.05. The Kier molecular flexibility index (Phi) is 5.63. The minimum atomic E-state index is -0.404. The number of nitrogens with zero attached hydrogens (tertiary/aromatic N) is 4. The maximum Gasteiger partial charge on any atom is 0.269 e. The highest BCUT2D eigenvalue weighted by Gasteiger charge is 2.41. The summed E-state index contributed by atoms with van der Waals surface area (Å²) in [4.78, 5) is 21.3. The zero-order chi connectivity index (χ0) is 23.7. The van der Waals surface area contributed by atoms with Gasteiger partial charge in [0.15, 0.2) is 0 Å². The second-order valence-electron chi connectivity index (χ2n) is 8.48. The van der Waals surface area contributed by atoms with Crippen molar-refractivity contribution in [1.82, 2.24) is 0 Å². The molecule has 0 saturated heterocycles. The molecule has 5 rings (SSSR count). The predicted octanol–water partition coefficient (Wildman–Crippen LogP) is 6.30. The van der Waals surface area contributed by atoms with Crippen molar-refractivity contribution in [2.75, 3.05) is 5.01 Å². The maximum absolute atomic E-state index is 11.1. The zero-order valence-corrected chi connectivity index (χ0v) is 18.3. The summed E-state index contributed by atoms with van der Waals surface area (Å²) in [7, 11) is 0. The van der Waals surface area contributed by atoms with E-state index in [1.807, 2.05) is 23.2 Å². The molecule has 1 fully saturated rings. The highest BCUT2D eigenvalue weighted by atomic mass is 16.6. The molecule has 8 heteroatoms. The number of hydrogen-bond acceptors (Lipinski definition) is 6. The summed E-state index contributed by atoms with van der Waals surface area (Å²) >= 11 is 0. The number of benzene rings is 3. The van der Waals surface area contributed by atoms with Crippen LogP contribution in [-0.4, -0.2) is 15.6 Å². The second-order valence-corrected chi connectivity index (χ2v) is 8.48. The van der Waals surface area contributed by atoms with Crippen LogP contribution in [0.4, 0.5) is 17.1 Å². The lowest BCUT2D eigenvalue weighted by Crippen LogP contribution is -2.28. The first kappa shape index (κ1) is 21.5. The minimum Gasteiger partial charge on any atom is -0.258 e. The molecule has 2 unspecified atom stereocenters. The van der Waals surface area contributed by atoms with Crippen molar-refractivity contribution >= 4 is 28.8 Å². The van der Waals surface area contributed by atoms with Crippen molar-refractivity contribution < 1.29 is 9.85 Å². The molecule has 1 heterocycles. The van der Waals surface area contributed by atoms with E-state index in [2.05, 4.69) is 18.2 Å². The molecule has 1 aliphatic heterocycles. The van der Waals surface area contributed by atoms with Crippen LogP contribution in [0.15, 0.2) is 89.5 Å². The summed E-state index contributed by atoms with van der Waals surface area (Å²) < 4.78 is 0. The van der Waals surface area contributed by atoms with Crippen LogP contribution in [0.3, 0.4) is 0 Å². The van der Waals surface area contributed by atoms with Crippen LogP contribution in [0.5, 0.6) is 0 Å². The van der Waals surface area contributed by atoms with E-state index >= 15 is 0 Å². The smallest absolute Gasteiger partial charge is 0.258 e. The van der Waals surface area contributed by atoms with Crippen LogP contribution >= 0.6 is 0 Å². The SMILES string of the molecule is O=[N+]([O-])c1ccc(C=C2CCCC3C2=NN(c2ccc([N+](=O)[O-])cc2)C3c2ccccc2)cc1. The highest BCUT2D eigenvalue weighted by molar-refractivity contribution is 6.08. The molecule has 0 amide bonds. The van der Waals surface area contributed by atoms with Crippen LogP contribution in [0.25, 0.3) is 6.08 Å². The summed E-state index contributed by atoms with van der Waals surface area (Å²) in [5.74, 6) is 0.177. The van der Waals surface area contributed by atoms with Gasteiger partial charge in [-0.15, -0.1) is 0 Å². The van der Waals surface area contributed by atoms with Crippen LogP contribution < -0.4 is 5.01 Å². The molecular weight excluding hydrogens is 432 g/mol. The van der Waals surface area contributed by atoms with Gasteiger partial charge in [-0.05, 0) is 66.3 Å². The molecule has 1 aliphatic carbocycles. The standard InChI is InChI=1S/C26H22N4O4/c31-29(32)22-11-9-18(10-12-22)17-20-7-4-8-24-25(20)27-28(26(24)19-5-2-1-3-6-19)21-13-15-23(16-14-21)30(33)34/h1-3,5-6,9-17,24,26H,4,7-8H2. The van der Waals surface area contributed by atoms with Gasteiger partial charge in [0.2, 0.25) is 0 Å². The van der Waals surface area contributed by atoms with Gasteiger partial charge in [0.05, 0.1) is 27.3 Å². The number of hydrogen-bond donors (Lipinski definition) is 0. The zero-order valence-electron chi connectivity index (χ0n) is 18.3. The maximum atomic E-state index is 11.1. The van der Waals surface area contributed by atoms with Crippen molar-refractivity contribution in [3.8, 4) is 0 Å². The summed E-state index contributed by atoms with van der Waals surface area (Å²) in [6.45, 7) is 0. The van der Waals surface area contributed by atoms with Crippen molar-refractivity contribution in [2.24, 2.45) is 11.0 Å². The van der Waals surface area contributed by atoms with Gasteiger partial charge in [-0.25, -0.2) is 0 Å². The quantitative estimate of drug-likeness (QED) is 0.332. The Morgan fingerprint density at radius 3 is 2.09 bits per heavy atom. The largest absolute Gasteiger partial charge is 0.269 e. The number of rotatable bonds is 5. The van der Waals surface area contributed by atoms with E-state index in [-0.39, 0.29) is 23.3 Å². The topological polar surface area (TPSA) is 102 Å². The molecule has 34 heavy (non-hydrogen) atoms. The lowest BCUT2D eigenvalue weighted by atomic mass is 9.77. The third-order valence-electron chi connectivity index (χ3n) is 6.41. The van der Waals surface area contributed by atoms with E-state index in [1.165, 1.54) is 24.3 Å². The lowest BCUT2D eigenvalue weighted by molar-refractivity contribution is -0.385. The molecule has 2 atom stereocenters. The minimum absolute atomic E-state index is 0.0155. The number of nitro groups is 2. The van der Waals surface area contributed by atoms with E-state index < -0.39 is 9.85 Å². The summed E-state index contributed by atoms with van der Waals surface area (Å²) in [5.41, 5.74) is 5.08. The Hall–Kier alpha value is -4.33. The fourth-order valence-corrected chi connectivity index (χ4v) is 4.82. The van der Waals surface area contributed by atoms with Crippen molar-refractivity contribution in [3.63, 3.8) is 0 Å². The molecule has 0 bridgehead atoms. The summed E-state index contributed by atoms with van der Waals surface area (Å²) in [5, 5.41) is 29.1. The van der Waals surface area contributed by atoms with E-state index in [0.29, 0.717) is 0 Å². The Balaban J connectivity index is 1.55. The molecule has 1 saturated carbocycles. The fourth-order valence-electron chi connectivity index (χ4n) is 4.82. The van der Waals surface area contributed by atoms with Gasteiger partial charge in [0, 0.05) is 30.2 Å². The molecule has 0 N–H and O–H groups in total. The van der Waals surface area contributed by atoms with Crippen molar-refractivity contribution in [1.29, 1.82) is 0 Å². The van der Waals surface area contributed by atoms with Gasteiger partial charge in [-0.1, -0.05) is 30.3 Å². The molecule has 3 aromatic rings. The van der Waals surface area contributed by atoms with Crippen molar-refractivity contribution in [3.05, 3.63) is 116 Å². The van der Waals surface area contributed by atoms with Crippen LogP contribution in [-0.2, 0) is 0 Å². The summed E-state index contributed by atoms with van der Waals surface area (Å²) in [6, 6.07) is 23.2. The van der Waals surface area contributed by atoms with Crippen LogP contribution in [0, 0.1) is 26.1 Å². The van der Waals surface area contributed by atoms with Crippen LogP contribution in [0.1, 0.15) is 36.4 Å². The number of hydrazone groups is 1. The Morgan fingerprint density at radius 2 is 1.47 bits per heavy atom. The number of non-ortho nitro benzene ring substituents is 2. The van der Waals surface area contributed by atoms with E-state index in [0.717, 1.165) is 47.4 Å². The first-order valence-corrected chi connectivity index (χ1v) is 11.1. The number of fused-ring (bicyclic) bond motifs is 1. The van der Waals surface area contributed by atoms with Gasteiger partial charge < -0.3 is 0 Å². The normalized spacial score (nSPS) is 20.6. The third-order valence-corrected chi connectivity index (χ3v) is 6.41. The Morgan fingerprint density at radius 1 is 0.853 bits per heavy atom. The average Bonchev–Trinajstić information content (AvgIpc) is 3.25. The van der Waals surface area contributed by atoms with Gasteiger partial charge in [-0.3, -0.25) is 25.2 Å². The Labute approximate surface area is 196 Å². The highest BCUT2D eigenvalue weighted by Crippen LogP contribution is 2.46. The molecular formula is C26H22N4O4. The predicted molar refractivity (Wildman–Crippen MR) is 131 cm³/mol. The Bertz CT molecular complexity index is 1280. The number of allylic oxidation sites excluding steroid dienone is 1. The molecule has 170 valence electrons. The van der Waals surface area contributed by atoms with E-state index in [9.17, 15) is 20.2 Å². The van der Waals surface area contributed by atoms with E-state index in [4.69, 9.17) is 5.10 Å². The molecule has 0 spiro atoms. The second kappa shape index (κ2) is 8.90. The van der Waals surface area contributed by atoms with Crippen LogP contribution in [0.2, 0.25) is 0 Å². The monoisotopic (exact) mass is 454 g/mol. The first-order chi connectivity index (χ1) is 16.5. The van der Waals surface area contributed by atoms with Gasteiger partial charge in [0.25, 0.3) is 11.4 Å². The molecule has 3 aromatic carbocycles. The van der Waals surface area contributed by atoms with Gasteiger partial charge >= 0.3 is 0 Å². The fraction of sp³-hybridized carbons (Fsp3) is 0.192. The molecule has 0 aromatic heterocycles. The number of anilines is 1. The first-order valence-electron chi connectivity index (χ1n) is 11.1. The van der Waals surface area contributed by atoms with Gasteiger partial charge in [0.1, 0.15) is 0 Å². The number of nitro benzene ring substituents is 2. The molecule has 8 nitrogen and oxygen atoms in total. The average molecular weight is 454 g/mol. The van der Waals surface area contributed by atoms with Crippen molar-refractivity contribution in [2.45, 2.75) is 25.3 Å². The summed E-state index contributed by atoms with van der Waals surface area (Å²) in [6.07, 6.45) is 4.94. The lowest BCUT2D eigenvalue weighted by Gasteiger charge is -2.30. The van der Waals surface area contributed by atoms with E-state index in [1.54, 1.807) is 24.3 Å². The van der Waals surface area contributed by atoms with Gasteiger partial charge in [-0.2, -0.15) is 5.10 Å². The molecule has 0 radical (unpaired) electrons. The molecule has 2 aliphatic rings.